The van der Waals surface area contributed by atoms with Crippen LogP contribution in [0.2, 0.25) is 0 Å². The van der Waals surface area contributed by atoms with Gasteiger partial charge in [0.2, 0.25) is 0 Å². The molecule has 0 saturated carbocycles. The zero-order valence-electron chi connectivity index (χ0n) is 10.6. The number of rotatable bonds is 5. The molecule has 5 heteroatoms. The van der Waals surface area contributed by atoms with E-state index in [0.717, 1.165) is 0 Å². The average molecular weight is 261 g/mol. The van der Waals surface area contributed by atoms with Gasteiger partial charge in [-0.1, -0.05) is 0 Å². The number of ether oxygens (including phenoxy) is 2. The predicted molar refractivity (Wildman–Crippen MR) is 69.9 cm³/mol. The van der Waals surface area contributed by atoms with Gasteiger partial charge >= 0.3 is 5.97 Å². The molecule has 1 aromatic carbocycles. The van der Waals surface area contributed by atoms with Crippen LogP contribution < -0.4 is 10.5 Å². The summed E-state index contributed by atoms with van der Waals surface area (Å²) < 4.78 is 15.7. The van der Waals surface area contributed by atoms with Crippen molar-refractivity contribution in [3.05, 3.63) is 47.9 Å². The molecule has 0 radical (unpaired) electrons. The van der Waals surface area contributed by atoms with Gasteiger partial charge in [-0.15, -0.1) is 0 Å². The third kappa shape index (κ3) is 3.28. The van der Waals surface area contributed by atoms with Gasteiger partial charge in [0.05, 0.1) is 12.9 Å². The number of anilines is 1. The summed E-state index contributed by atoms with van der Waals surface area (Å²) in [6, 6.07) is 8.41. The highest BCUT2D eigenvalue weighted by molar-refractivity contribution is 5.93. The minimum atomic E-state index is -0.454. The van der Waals surface area contributed by atoms with E-state index >= 15 is 0 Å². The first-order chi connectivity index (χ1) is 9.20. The van der Waals surface area contributed by atoms with E-state index in [1.54, 1.807) is 37.5 Å². The van der Waals surface area contributed by atoms with E-state index in [-0.39, 0.29) is 6.61 Å². The van der Waals surface area contributed by atoms with Gasteiger partial charge in [0.15, 0.2) is 0 Å². The molecule has 0 unspecified atom stereocenters. The third-order valence-corrected chi connectivity index (χ3v) is 2.45. The van der Waals surface area contributed by atoms with Crippen molar-refractivity contribution in [1.29, 1.82) is 0 Å². The van der Waals surface area contributed by atoms with E-state index in [2.05, 4.69) is 0 Å². The van der Waals surface area contributed by atoms with Crippen LogP contribution in [0.1, 0.15) is 23.0 Å². The van der Waals surface area contributed by atoms with Crippen LogP contribution in [0.3, 0.4) is 0 Å². The first kappa shape index (κ1) is 13.0. The van der Waals surface area contributed by atoms with E-state index < -0.39 is 5.97 Å². The number of carbonyl (C=O) groups is 1. The molecule has 0 atom stereocenters. The highest BCUT2D eigenvalue weighted by Gasteiger charge is 2.14. The van der Waals surface area contributed by atoms with Gasteiger partial charge in [0, 0.05) is 5.69 Å². The number of benzene rings is 1. The molecule has 5 nitrogen and oxygen atoms in total. The van der Waals surface area contributed by atoms with Crippen molar-refractivity contribution < 1.29 is 18.7 Å². The summed E-state index contributed by atoms with van der Waals surface area (Å²) in [6.07, 6.45) is 1.56. The average Bonchev–Trinajstić information content (AvgIpc) is 2.90. The van der Waals surface area contributed by atoms with Crippen LogP contribution in [0.25, 0.3) is 0 Å². The van der Waals surface area contributed by atoms with E-state index in [4.69, 9.17) is 19.6 Å². The molecule has 0 fully saturated rings. The molecule has 1 aromatic heterocycles. The number of hydrogen-bond acceptors (Lipinski definition) is 5. The van der Waals surface area contributed by atoms with Crippen LogP contribution in [0.4, 0.5) is 5.69 Å². The Labute approximate surface area is 110 Å². The summed E-state index contributed by atoms with van der Waals surface area (Å²) in [6.45, 7) is 2.28. The fourth-order valence-corrected chi connectivity index (χ4v) is 1.59. The summed E-state index contributed by atoms with van der Waals surface area (Å²) in [5, 5.41) is 0. The summed E-state index contributed by atoms with van der Waals surface area (Å²) in [7, 11) is 0. The van der Waals surface area contributed by atoms with Crippen molar-refractivity contribution in [3.63, 3.8) is 0 Å². The van der Waals surface area contributed by atoms with Crippen LogP contribution in [0.15, 0.2) is 41.0 Å². The number of furan rings is 1. The van der Waals surface area contributed by atoms with Gasteiger partial charge in [-0.25, -0.2) is 4.79 Å². The monoisotopic (exact) mass is 261 g/mol. The molecule has 0 saturated heterocycles. The summed E-state index contributed by atoms with van der Waals surface area (Å²) in [5.74, 6) is 0.639. The summed E-state index contributed by atoms with van der Waals surface area (Å²) in [4.78, 5) is 11.8. The first-order valence-corrected chi connectivity index (χ1v) is 5.92. The minimum Gasteiger partial charge on any atom is -0.485 e. The maximum Gasteiger partial charge on any atom is 0.341 e. The van der Waals surface area contributed by atoms with E-state index in [9.17, 15) is 4.79 Å². The Bertz CT molecular complexity index is 549. The molecule has 0 bridgehead atoms. The summed E-state index contributed by atoms with van der Waals surface area (Å²) >= 11 is 0. The molecular formula is C14H15NO4. The fraction of sp³-hybridized carbons (Fsp3) is 0.214. The molecule has 0 aliphatic heterocycles. The standard InChI is InChI=1S/C14H15NO4/c1-2-17-14(16)12-8-10(15)5-6-13(12)19-9-11-4-3-7-18-11/h3-8H,2,9,15H2,1H3. The van der Waals surface area contributed by atoms with Crippen LogP contribution in [0, 0.1) is 0 Å². The molecule has 2 aromatic rings. The lowest BCUT2D eigenvalue weighted by atomic mass is 10.2. The van der Waals surface area contributed by atoms with Crippen LogP contribution in [-0.4, -0.2) is 12.6 Å². The quantitative estimate of drug-likeness (QED) is 0.661. The second-order valence-electron chi connectivity index (χ2n) is 3.84. The number of carbonyl (C=O) groups excluding carboxylic acids is 1. The Morgan fingerprint density at radius 1 is 1.37 bits per heavy atom. The largest absolute Gasteiger partial charge is 0.485 e. The Hall–Kier alpha value is -2.43. The number of esters is 1. The second-order valence-corrected chi connectivity index (χ2v) is 3.84. The van der Waals surface area contributed by atoms with Crippen LogP contribution >= 0.6 is 0 Å². The zero-order valence-corrected chi connectivity index (χ0v) is 10.6. The SMILES string of the molecule is CCOC(=O)c1cc(N)ccc1OCc1ccco1. The molecule has 0 aliphatic carbocycles. The Morgan fingerprint density at radius 2 is 2.21 bits per heavy atom. The predicted octanol–water partition coefficient (Wildman–Crippen LogP) is 2.62. The number of nitrogen functional groups attached to an aromatic ring is 1. The van der Waals surface area contributed by atoms with Crippen molar-refractivity contribution in [2.45, 2.75) is 13.5 Å². The first-order valence-electron chi connectivity index (χ1n) is 5.92. The molecule has 0 aliphatic rings. The lowest BCUT2D eigenvalue weighted by molar-refractivity contribution is 0.0521. The topological polar surface area (TPSA) is 74.7 Å². The molecule has 2 rings (SSSR count). The van der Waals surface area contributed by atoms with Gasteiger partial charge in [-0.3, -0.25) is 0 Å². The molecular weight excluding hydrogens is 246 g/mol. The second kappa shape index (κ2) is 5.95. The Morgan fingerprint density at radius 3 is 2.89 bits per heavy atom. The van der Waals surface area contributed by atoms with E-state index in [0.29, 0.717) is 29.4 Å². The van der Waals surface area contributed by atoms with Gasteiger partial charge in [-0.2, -0.15) is 0 Å². The normalized spacial score (nSPS) is 10.2. The van der Waals surface area contributed by atoms with Gasteiger partial charge < -0.3 is 19.6 Å². The lowest BCUT2D eigenvalue weighted by Gasteiger charge is -2.10. The molecule has 2 N–H and O–H groups in total. The van der Waals surface area contributed by atoms with Gasteiger partial charge in [0.25, 0.3) is 0 Å². The Kier molecular flexibility index (Phi) is 4.07. The highest BCUT2D eigenvalue weighted by atomic mass is 16.5. The fourth-order valence-electron chi connectivity index (χ4n) is 1.59. The van der Waals surface area contributed by atoms with Crippen molar-refractivity contribution in [2.75, 3.05) is 12.3 Å². The van der Waals surface area contributed by atoms with Crippen LogP contribution in [-0.2, 0) is 11.3 Å². The highest BCUT2D eigenvalue weighted by Crippen LogP contribution is 2.23. The number of hydrogen-bond donors (Lipinski definition) is 1. The summed E-state index contributed by atoms with van der Waals surface area (Å²) in [5.41, 5.74) is 6.46. The molecule has 1 heterocycles. The smallest absolute Gasteiger partial charge is 0.341 e. The zero-order chi connectivity index (χ0) is 13.7. The van der Waals surface area contributed by atoms with Crippen molar-refractivity contribution in [2.24, 2.45) is 0 Å². The lowest BCUT2D eigenvalue weighted by Crippen LogP contribution is -2.08. The van der Waals surface area contributed by atoms with E-state index in [1.165, 1.54) is 6.07 Å². The third-order valence-electron chi connectivity index (χ3n) is 2.45. The van der Waals surface area contributed by atoms with Crippen molar-refractivity contribution >= 4 is 11.7 Å². The van der Waals surface area contributed by atoms with Crippen molar-refractivity contribution in [3.8, 4) is 5.75 Å². The number of nitrogens with two attached hydrogens (primary N) is 1. The minimum absolute atomic E-state index is 0.239. The van der Waals surface area contributed by atoms with Gasteiger partial charge in [-0.05, 0) is 37.3 Å². The Balaban J connectivity index is 2.16. The maximum atomic E-state index is 11.8. The molecule has 0 spiro atoms. The molecule has 100 valence electrons. The van der Waals surface area contributed by atoms with Crippen molar-refractivity contribution in [1.82, 2.24) is 0 Å². The van der Waals surface area contributed by atoms with Gasteiger partial charge in [0.1, 0.15) is 23.7 Å². The maximum absolute atomic E-state index is 11.8. The van der Waals surface area contributed by atoms with Crippen LogP contribution in [0.5, 0.6) is 5.75 Å². The van der Waals surface area contributed by atoms with E-state index in [1.807, 2.05) is 0 Å². The molecule has 19 heavy (non-hydrogen) atoms. The molecule has 0 amide bonds.